The van der Waals surface area contributed by atoms with Crippen LogP contribution in [0.3, 0.4) is 0 Å². The number of aromatic nitrogens is 2. The van der Waals surface area contributed by atoms with Gasteiger partial charge in [-0.2, -0.15) is 5.10 Å². The Morgan fingerprint density at radius 1 is 1.03 bits per heavy atom. The fraction of sp³-hybridized carbons (Fsp3) is 0.292. The van der Waals surface area contributed by atoms with Gasteiger partial charge in [-0.3, -0.25) is 9.48 Å². The molecule has 1 aromatic heterocycles. The maximum Gasteiger partial charge on any atom is 0.342 e. The van der Waals surface area contributed by atoms with Crippen LogP contribution in [0.5, 0.6) is 5.75 Å². The maximum absolute atomic E-state index is 12.6. The molecule has 0 atom stereocenters. The summed E-state index contributed by atoms with van der Waals surface area (Å²) in [5.74, 6) is -0.258. The third kappa shape index (κ3) is 5.51. The highest BCUT2D eigenvalue weighted by Gasteiger charge is 2.21. The second-order valence-corrected chi connectivity index (χ2v) is 7.35. The third-order valence-electron chi connectivity index (χ3n) is 5.04. The highest BCUT2D eigenvalue weighted by Crippen LogP contribution is 2.18. The van der Waals surface area contributed by atoms with E-state index in [9.17, 15) is 9.59 Å². The van der Waals surface area contributed by atoms with Gasteiger partial charge in [-0.25, -0.2) is 4.79 Å². The molecular weight excluding hydrogens is 394 g/mol. The topological polar surface area (TPSA) is 82.4 Å². The van der Waals surface area contributed by atoms with E-state index in [1.807, 2.05) is 62.4 Å². The Bertz CT molecular complexity index is 1070. The number of carbonyl (C=O) groups excluding carboxylic acids is 2. The number of aryl methyl sites for hydroxylation is 2. The third-order valence-corrected chi connectivity index (χ3v) is 5.04. The van der Waals surface area contributed by atoms with Gasteiger partial charge >= 0.3 is 5.97 Å². The molecule has 0 aliphatic heterocycles. The zero-order chi connectivity index (χ0) is 22.4. The van der Waals surface area contributed by atoms with Crippen molar-refractivity contribution in [2.45, 2.75) is 33.9 Å². The van der Waals surface area contributed by atoms with E-state index >= 15 is 0 Å². The van der Waals surface area contributed by atoms with E-state index in [-0.39, 0.29) is 19.1 Å². The number of nitrogens with one attached hydrogen (secondary N) is 1. The maximum atomic E-state index is 12.6. The van der Waals surface area contributed by atoms with Gasteiger partial charge in [0.1, 0.15) is 11.3 Å². The van der Waals surface area contributed by atoms with Gasteiger partial charge in [-0.15, -0.1) is 0 Å². The fourth-order valence-corrected chi connectivity index (χ4v) is 3.31. The van der Waals surface area contributed by atoms with E-state index in [0.717, 1.165) is 11.1 Å². The van der Waals surface area contributed by atoms with Gasteiger partial charge in [-0.05, 0) is 32.4 Å². The molecule has 3 rings (SSSR count). The Labute approximate surface area is 182 Å². The Morgan fingerprint density at radius 3 is 2.45 bits per heavy atom. The lowest BCUT2D eigenvalue weighted by Crippen LogP contribution is -2.28. The molecule has 3 aromatic rings. The average Bonchev–Trinajstić information content (AvgIpc) is 3.05. The summed E-state index contributed by atoms with van der Waals surface area (Å²) in [6.07, 6.45) is 0. The van der Waals surface area contributed by atoms with Crippen LogP contribution in [0.25, 0.3) is 0 Å². The van der Waals surface area contributed by atoms with Gasteiger partial charge in [0.05, 0.1) is 25.0 Å². The van der Waals surface area contributed by atoms with Crippen molar-refractivity contribution in [2.24, 2.45) is 0 Å². The van der Waals surface area contributed by atoms with Gasteiger partial charge < -0.3 is 14.8 Å². The van der Waals surface area contributed by atoms with Crippen molar-refractivity contribution in [3.05, 3.63) is 82.2 Å². The van der Waals surface area contributed by atoms with Crippen molar-refractivity contribution in [3.8, 4) is 5.75 Å². The summed E-state index contributed by atoms with van der Waals surface area (Å²) in [6.45, 7) is 6.10. The Hall–Kier alpha value is -3.61. The minimum absolute atomic E-state index is 0.285. The number of esters is 1. The summed E-state index contributed by atoms with van der Waals surface area (Å²) < 4.78 is 12.3. The van der Waals surface area contributed by atoms with Gasteiger partial charge in [0, 0.05) is 12.1 Å². The summed E-state index contributed by atoms with van der Waals surface area (Å²) in [4.78, 5) is 24.7. The van der Waals surface area contributed by atoms with E-state index in [1.54, 1.807) is 18.7 Å². The first kappa shape index (κ1) is 22.1. The number of amides is 1. The van der Waals surface area contributed by atoms with Gasteiger partial charge in [-0.1, -0.05) is 48.0 Å². The quantitative estimate of drug-likeness (QED) is 0.564. The molecule has 1 N–H and O–H groups in total. The molecule has 7 heteroatoms. The van der Waals surface area contributed by atoms with Crippen LogP contribution in [0.1, 0.15) is 38.4 Å². The predicted molar refractivity (Wildman–Crippen MR) is 117 cm³/mol. The highest BCUT2D eigenvalue weighted by molar-refractivity contribution is 5.93. The van der Waals surface area contributed by atoms with E-state index < -0.39 is 5.97 Å². The highest BCUT2D eigenvalue weighted by atomic mass is 16.5. The zero-order valence-electron chi connectivity index (χ0n) is 18.3. The van der Waals surface area contributed by atoms with E-state index in [1.165, 1.54) is 5.56 Å². The molecule has 0 saturated carbocycles. The molecule has 1 heterocycles. The zero-order valence-corrected chi connectivity index (χ0v) is 18.3. The second-order valence-electron chi connectivity index (χ2n) is 7.35. The predicted octanol–water partition coefficient (Wildman–Crippen LogP) is 3.34. The molecule has 0 fully saturated rings. The molecule has 0 spiro atoms. The normalized spacial score (nSPS) is 10.6. The monoisotopic (exact) mass is 421 g/mol. The summed E-state index contributed by atoms with van der Waals surface area (Å²) in [6, 6.07) is 15.6. The number of benzene rings is 2. The lowest BCUT2D eigenvalue weighted by molar-refractivity contribution is -0.124. The first-order chi connectivity index (χ1) is 14.9. The summed E-state index contributed by atoms with van der Waals surface area (Å²) >= 11 is 0. The van der Waals surface area contributed by atoms with Crippen molar-refractivity contribution in [3.63, 3.8) is 0 Å². The van der Waals surface area contributed by atoms with Gasteiger partial charge in [0.2, 0.25) is 0 Å². The molecule has 0 aliphatic rings. The molecule has 0 radical (unpaired) electrons. The molecule has 162 valence electrons. The van der Waals surface area contributed by atoms with Crippen molar-refractivity contribution < 1.29 is 19.1 Å². The van der Waals surface area contributed by atoms with Crippen molar-refractivity contribution in [2.75, 3.05) is 13.7 Å². The molecule has 0 aliphatic carbocycles. The number of methoxy groups -OCH3 is 1. The minimum Gasteiger partial charge on any atom is -0.496 e. The summed E-state index contributed by atoms with van der Waals surface area (Å²) in [5, 5.41) is 7.21. The molecule has 2 aromatic carbocycles. The lowest BCUT2D eigenvalue weighted by atomic mass is 10.1. The number of nitrogens with zero attached hydrogens (tertiary/aromatic N) is 2. The van der Waals surface area contributed by atoms with E-state index in [0.29, 0.717) is 29.2 Å². The molecular formula is C24H27N3O4. The van der Waals surface area contributed by atoms with Crippen LogP contribution in [0.4, 0.5) is 0 Å². The summed E-state index contributed by atoms with van der Waals surface area (Å²) in [7, 11) is 1.58. The molecule has 7 nitrogen and oxygen atoms in total. The lowest BCUT2D eigenvalue weighted by Gasteiger charge is -2.10. The molecule has 1 amide bonds. The Balaban J connectivity index is 1.58. The minimum atomic E-state index is -0.558. The number of rotatable bonds is 8. The van der Waals surface area contributed by atoms with Crippen LogP contribution in [0.2, 0.25) is 0 Å². The average molecular weight is 421 g/mol. The number of ether oxygens (including phenoxy) is 2. The van der Waals surface area contributed by atoms with Crippen LogP contribution in [0.15, 0.2) is 48.5 Å². The summed E-state index contributed by atoms with van der Waals surface area (Å²) in [5.41, 5.74) is 4.79. The number of hydrogen-bond donors (Lipinski definition) is 1. The molecule has 31 heavy (non-hydrogen) atoms. The number of carbonyl (C=O) groups is 2. The van der Waals surface area contributed by atoms with E-state index in [4.69, 9.17) is 9.47 Å². The van der Waals surface area contributed by atoms with Crippen molar-refractivity contribution >= 4 is 11.9 Å². The molecule has 0 saturated heterocycles. The molecule has 0 bridgehead atoms. The second kappa shape index (κ2) is 9.93. The largest absolute Gasteiger partial charge is 0.496 e. The smallest absolute Gasteiger partial charge is 0.342 e. The molecule has 0 unspecified atom stereocenters. The van der Waals surface area contributed by atoms with Crippen LogP contribution in [-0.2, 0) is 22.6 Å². The van der Waals surface area contributed by atoms with Crippen LogP contribution >= 0.6 is 0 Å². The van der Waals surface area contributed by atoms with Crippen molar-refractivity contribution in [1.82, 2.24) is 15.1 Å². The van der Waals surface area contributed by atoms with Gasteiger partial charge in [0.25, 0.3) is 5.91 Å². The number of hydrogen-bond acceptors (Lipinski definition) is 5. The van der Waals surface area contributed by atoms with E-state index in [2.05, 4.69) is 10.4 Å². The van der Waals surface area contributed by atoms with Crippen molar-refractivity contribution in [1.29, 1.82) is 0 Å². The number of para-hydroxylation sites is 1. The Morgan fingerprint density at radius 2 is 1.74 bits per heavy atom. The van der Waals surface area contributed by atoms with Crippen LogP contribution in [0, 0.1) is 20.8 Å². The first-order valence-corrected chi connectivity index (χ1v) is 10.0. The fourth-order valence-electron chi connectivity index (χ4n) is 3.31. The van der Waals surface area contributed by atoms with Gasteiger partial charge in [0.15, 0.2) is 6.61 Å². The first-order valence-electron chi connectivity index (χ1n) is 10.0. The SMILES string of the molecule is COc1ccccc1CNC(=O)COC(=O)c1c(C)nn(Cc2ccc(C)cc2)c1C. The van der Waals surface area contributed by atoms with Crippen LogP contribution in [-0.4, -0.2) is 35.4 Å². The standard InChI is InChI=1S/C24H27N3O4/c1-16-9-11-19(12-10-16)14-27-18(3)23(17(2)26-27)24(29)31-15-22(28)25-13-20-7-5-6-8-21(20)30-4/h5-12H,13-15H2,1-4H3,(H,25,28). The van der Waals surface area contributed by atoms with Crippen LogP contribution < -0.4 is 10.1 Å². The Kier molecular flexibility index (Phi) is 7.07.